The van der Waals surface area contributed by atoms with Crippen molar-refractivity contribution in [3.05, 3.63) is 82.9 Å². The second-order valence-electron chi connectivity index (χ2n) is 5.50. The van der Waals surface area contributed by atoms with Crippen molar-refractivity contribution in [2.75, 3.05) is 11.9 Å². The highest BCUT2D eigenvalue weighted by atomic mass is 35.5. The van der Waals surface area contributed by atoms with E-state index < -0.39 is 0 Å². The van der Waals surface area contributed by atoms with Crippen LogP contribution in [0.2, 0.25) is 5.02 Å². The van der Waals surface area contributed by atoms with E-state index in [9.17, 15) is 4.79 Å². The van der Waals surface area contributed by atoms with E-state index in [1.807, 2.05) is 30.3 Å². The predicted octanol–water partition coefficient (Wildman–Crippen LogP) is 3.91. The molecule has 0 aliphatic heterocycles. The van der Waals surface area contributed by atoms with Crippen LogP contribution in [0.15, 0.2) is 65.4 Å². The summed E-state index contributed by atoms with van der Waals surface area (Å²) in [4.78, 5) is 16.3. The maximum Gasteiger partial charge on any atom is 0.253 e. The molecule has 0 saturated carbocycles. The fourth-order valence-electron chi connectivity index (χ4n) is 2.34. The lowest BCUT2D eigenvalue weighted by atomic mass is 10.1. The van der Waals surface area contributed by atoms with Crippen molar-refractivity contribution in [3.8, 4) is 0 Å². The Morgan fingerprint density at radius 3 is 2.80 bits per heavy atom. The first-order chi connectivity index (χ1) is 12.2. The largest absolute Gasteiger partial charge is 0.467 e. The number of rotatable bonds is 7. The van der Waals surface area contributed by atoms with Gasteiger partial charge in [-0.3, -0.25) is 4.79 Å². The topological polar surface area (TPSA) is 67.2 Å². The lowest BCUT2D eigenvalue weighted by molar-refractivity contribution is 0.0947. The molecule has 3 aromatic rings. The number of amides is 1. The van der Waals surface area contributed by atoms with Crippen molar-refractivity contribution in [3.63, 3.8) is 0 Å². The number of anilines is 1. The molecule has 2 aromatic heterocycles. The van der Waals surface area contributed by atoms with Crippen LogP contribution in [0.3, 0.4) is 0 Å². The molecule has 2 N–H and O–H groups in total. The Kier molecular flexibility index (Phi) is 5.69. The number of benzene rings is 1. The molecule has 0 aliphatic rings. The minimum atomic E-state index is -0.186. The van der Waals surface area contributed by atoms with Crippen LogP contribution in [0.4, 0.5) is 5.82 Å². The SMILES string of the molecule is O=C(NCc1ccco1)c1ccc(NCCc2cccc(Cl)c2)nc1. The molecule has 0 radical (unpaired) electrons. The first-order valence-corrected chi connectivity index (χ1v) is 8.33. The molecule has 0 bridgehead atoms. The minimum absolute atomic E-state index is 0.186. The quantitative estimate of drug-likeness (QED) is 0.674. The average Bonchev–Trinajstić information content (AvgIpc) is 3.14. The summed E-state index contributed by atoms with van der Waals surface area (Å²) in [5.74, 6) is 1.25. The van der Waals surface area contributed by atoms with Gasteiger partial charge in [0.2, 0.25) is 0 Å². The van der Waals surface area contributed by atoms with Crippen molar-refractivity contribution < 1.29 is 9.21 Å². The summed E-state index contributed by atoms with van der Waals surface area (Å²) in [5, 5.41) is 6.75. The lowest BCUT2D eigenvalue weighted by Crippen LogP contribution is -2.22. The van der Waals surface area contributed by atoms with Gasteiger partial charge < -0.3 is 15.1 Å². The highest BCUT2D eigenvalue weighted by Gasteiger charge is 2.07. The molecule has 25 heavy (non-hydrogen) atoms. The molecule has 0 aliphatic carbocycles. The van der Waals surface area contributed by atoms with Gasteiger partial charge >= 0.3 is 0 Å². The van der Waals surface area contributed by atoms with Crippen LogP contribution in [0, 0.1) is 0 Å². The van der Waals surface area contributed by atoms with Gasteiger partial charge in [-0.05, 0) is 48.4 Å². The highest BCUT2D eigenvalue weighted by Crippen LogP contribution is 2.12. The second-order valence-corrected chi connectivity index (χ2v) is 5.94. The zero-order valence-corrected chi connectivity index (χ0v) is 14.3. The Labute approximate surface area is 151 Å². The molecule has 5 nitrogen and oxygen atoms in total. The van der Waals surface area contributed by atoms with Gasteiger partial charge in [0.25, 0.3) is 5.91 Å². The normalized spacial score (nSPS) is 10.4. The third-order valence-corrected chi connectivity index (χ3v) is 3.87. The summed E-state index contributed by atoms with van der Waals surface area (Å²) in [5.41, 5.74) is 1.67. The molecule has 0 unspecified atom stereocenters. The summed E-state index contributed by atoms with van der Waals surface area (Å²) in [6.07, 6.45) is 3.97. The summed E-state index contributed by atoms with van der Waals surface area (Å²) in [7, 11) is 0. The molecule has 128 valence electrons. The molecule has 0 fully saturated rings. The molecular weight excluding hydrogens is 338 g/mol. The van der Waals surface area contributed by atoms with Crippen molar-refractivity contribution in [2.24, 2.45) is 0 Å². The molecule has 0 saturated heterocycles. The molecule has 0 spiro atoms. The predicted molar refractivity (Wildman–Crippen MR) is 97.8 cm³/mol. The first kappa shape index (κ1) is 17.0. The highest BCUT2D eigenvalue weighted by molar-refractivity contribution is 6.30. The molecule has 2 heterocycles. The van der Waals surface area contributed by atoms with Gasteiger partial charge in [-0.15, -0.1) is 0 Å². The summed E-state index contributed by atoms with van der Waals surface area (Å²) < 4.78 is 5.18. The molecule has 1 amide bonds. The zero-order chi connectivity index (χ0) is 17.5. The first-order valence-electron chi connectivity index (χ1n) is 7.96. The van der Waals surface area contributed by atoms with Gasteiger partial charge in [0, 0.05) is 17.8 Å². The number of carbonyl (C=O) groups excluding carboxylic acids is 1. The van der Waals surface area contributed by atoms with E-state index in [4.69, 9.17) is 16.0 Å². The van der Waals surface area contributed by atoms with Crippen molar-refractivity contribution in [1.82, 2.24) is 10.3 Å². The van der Waals surface area contributed by atoms with Crippen LogP contribution in [0.25, 0.3) is 0 Å². The number of furan rings is 1. The molecule has 3 rings (SSSR count). The minimum Gasteiger partial charge on any atom is -0.467 e. The van der Waals surface area contributed by atoms with Crippen LogP contribution in [0.5, 0.6) is 0 Å². The Morgan fingerprint density at radius 1 is 1.16 bits per heavy atom. The van der Waals surface area contributed by atoms with Crippen molar-refractivity contribution in [1.29, 1.82) is 0 Å². The van der Waals surface area contributed by atoms with Crippen LogP contribution in [-0.4, -0.2) is 17.4 Å². The summed E-state index contributed by atoms with van der Waals surface area (Å²) in [6, 6.07) is 14.9. The molecule has 6 heteroatoms. The number of pyridine rings is 1. The number of hydrogen-bond acceptors (Lipinski definition) is 4. The Hall–Kier alpha value is -2.79. The number of carbonyl (C=O) groups is 1. The van der Waals surface area contributed by atoms with E-state index in [1.165, 1.54) is 0 Å². The zero-order valence-electron chi connectivity index (χ0n) is 13.5. The van der Waals surface area contributed by atoms with E-state index in [1.54, 1.807) is 30.7 Å². The molecule has 0 atom stereocenters. The van der Waals surface area contributed by atoms with Gasteiger partial charge in [-0.25, -0.2) is 4.98 Å². The van der Waals surface area contributed by atoms with Crippen LogP contribution in [-0.2, 0) is 13.0 Å². The third-order valence-electron chi connectivity index (χ3n) is 3.64. The van der Waals surface area contributed by atoms with E-state index >= 15 is 0 Å². The summed E-state index contributed by atoms with van der Waals surface area (Å²) in [6.45, 7) is 1.09. The fraction of sp³-hybridized carbons (Fsp3) is 0.158. The second kappa shape index (κ2) is 8.35. The van der Waals surface area contributed by atoms with E-state index in [-0.39, 0.29) is 5.91 Å². The van der Waals surface area contributed by atoms with Gasteiger partial charge in [0.05, 0.1) is 18.4 Å². The molecular formula is C19H18ClN3O2. The number of nitrogens with one attached hydrogen (secondary N) is 2. The van der Waals surface area contributed by atoms with Crippen molar-refractivity contribution in [2.45, 2.75) is 13.0 Å². The Morgan fingerprint density at radius 2 is 2.08 bits per heavy atom. The number of hydrogen-bond donors (Lipinski definition) is 2. The van der Waals surface area contributed by atoms with Gasteiger partial charge in [0.15, 0.2) is 0 Å². The van der Waals surface area contributed by atoms with E-state index in [0.29, 0.717) is 17.9 Å². The maximum absolute atomic E-state index is 12.1. The van der Waals surface area contributed by atoms with Crippen LogP contribution < -0.4 is 10.6 Å². The van der Waals surface area contributed by atoms with Gasteiger partial charge in [0.1, 0.15) is 11.6 Å². The monoisotopic (exact) mass is 355 g/mol. The standard InChI is InChI=1S/C19H18ClN3O2/c20-16-4-1-3-14(11-16)8-9-21-18-7-6-15(12-22-18)19(24)23-13-17-5-2-10-25-17/h1-7,10-12H,8-9,13H2,(H,21,22)(H,23,24). The fourth-order valence-corrected chi connectivity index (χ4v) is 2.56. The van der Waals surface area contributed by atoms with E-state index in [0.717, 1.165) is 29.4 Å². The number of aromatic nitrogens is 1. The van der Waals surface area contributed by atoms with Crippen LogP contribution >= 0.6 is 11.6 Å². The Balaban J connectivity index is 1.47. The summed E-state index contributed by atoms with van der Waals surface area (Å²) >= 11 is 5.97. The van der Waals surface area contributed by atoms with Crippen LogP contribution in [0.1, 0.15) is 21.7 Å². The number of halogens is 1. The maximum atomic E-state index is 12.1. The van der Waals surface area contributed by atoms with E-state index in [2.05, 4.69) is 15.6 Å². The van der Waals surface area contributed by atoms with Gasteiger partial charge in [-0.2, -0.15) is 0 Å². The molecule has 1 aromatic carbocycles. The average molecular weight is 356 g/mol. The number of nitrogens with zero attached hydrogens (tertiary/aromatic N) is 1. The lowest BCUT2D eigenvalue weighted by Gasteiger charge is -2.07. The van der Waals surface area contributed by atoms with Crippen molar-refractivity contribution >= 4 is 23.3 Å². The smallest absolute Gasteiger partial charge is 0.253 e. The Bertz CT molecular complexity index is 817. The van der Waals surface area contributed by atoms with Gasteiger partial charge in [-0.1, -0.05) is 23.7 Å². The third kappa shape index (κ3) is 5.09.